The molecule has 0 bridgehead atoms. The molecule has 2 heteroatoms. The van der Waals surface area contributed by atoms with Crippen molar-refractivity contribution in [1.29, 1.82) is 0 Å². The minimum Gasteiger partial charge on any atom is -0.405 e. The minimum absolute atomic E-state index is 1.16. The molecule has 52 valence electrons. The quantitative estimate of drug-likeness (QED) is 0.689. The molecule has 0 aromatic carbocycles. The van der Waals surface area contributed by atoms with E-state index >= 15 is 0 Å². The van der Waals surface area contributed by atoms with Crippen molar-refractivity contribution in [2.75, 3.05) is 0 Å². The van der Waals surface area contributed by atoms with Crippen LogP contribution in [-0.2, 0) is 0 Å². The highest BCUT2D eigenvalue weighted by molar-refractivity contribution is 7.13. The average molecular weight is 151 g/mol. The van der Waals surface area contributed by atoms with Crippen LogP contribution in [0.15, 0.2) is 24.9 Å². The first kappa shape index (κ1) is 7.09. The van der Waals surface area contributed by atoms with Crippen molar-refractivity contribution in [3.05, 3.63) is 34.7 Å². The number of nitrogens with two attached hydrogens (primary N) is 1. The number of hydrogen-bond donors (Lipinski definition) is 1. The van der Waals surface area contributed by atoms with Gasteiger partial charge in [-0.05, 0) is 24.4 Å². The van der Waals surface area contributed by atoms with Crippen molar-refractivity contribution in [3.8, 4) is 0 Å². The summed E-state index contributed by atoms with van der Waals surface area (Å²) in [6.07, 6.45) is 5.24. The maximum Gasteiger partial charge on any atom is 0.0290 e. The Labute approximate surface area is 64.5 Å². The minimum atomic E-state index is 1.16. The van der Waals surface area contributed by atoms with Gasteiger partial charge in [-0.2, -0.15) is 0 Å². The monoisotopic (exact) mass is 151 g/mol. The van der Waals surface area contributed by atoms with Gasteiger partial charge < -0.3 is 5.73 Å². The highest BCUT2D eigenvalue weighted by Crippen LogP contribution is 2.17. The Balaban J connectivity index is 2.87. The molecule has 1 heterocycles. The first-order chi connectivity index (χ1) is 4.86. The summed E-state index contributed by atoms with van der Waals surface area (Å²) in [5.41, 5.74) is 5.21. The van der Waals surface area contributed by atoms with E-state index in [0.717, 1.165) is 4.88 Å². The molecule has 0 spiro atoms. The van der Waals surface area contributed by atoms with Crippen LogP contribution in [0.5, 0.6) is 0 Å². The van der Waals surface area contributed by atoms with Crippen molar-refractivity contribution < 1.29 is 0 Å². The molecule has 0 unspecified atom stereocenters. The van der Waals surface area contributed by atoms with Crippen LogP contribution >= 0.6 is 11.3 Å². The summed E-state index contributed by atoms with van der Waals surface area (Å²) >= 11 is 1.67. The molecular weight excluding hydrogens is 142 g/mol. The normalized spacial score (nSPS) is 10.4. The van der Waals surface area contributed by atoms with Gasteiger partial charge >= 0.3 is 0 Å². The molecule has 0 aliphatic rings. The van der Waals surface area contributed by atoms with Crippen molar-refractivity contribution in [3.63, 3.8) is 0 Å². The molecule has 0 saturated carbocycles. The van der Waals surface area contributed by atoms with E-state index < -0.39 is 0 Å². The van der Waals surface area contributed by atoms with Crippen LogP contribution in [0.4, 0.5) is 0 Å². The Morgan fingerprint density at radius 2 is 2.10 bits per heavy atom. The van der Waals surface area contributed by atoms with Gasteiger partial charge in [0, 0.05) is 9.75 Å². The van der Waals surface area contributed by atoms with Crippen molar-refractivity contribution >= 4 is 23.5 Å². The first-order valence-electron chi connectivity index (χ1n) is 2.97. The van der Waals surface area contributed by atoms with Gasteiger partial charge in [-0.25, -0.2) is 0 Å². The number of thiophene rings is 1. The van der Waals surface area contributed by atoms with E-state index in [2.05, 4.69) is 6.58 Å². The SMILES string of the molecule is C=Cc1ccc(/C=C\N)s1. The van der Waals surface area contributed by atoms with Crippen LogP contribution in [0.1, 0.15) is 9.75 Å². The van der Waals surface area contributed by atoms with E-state index in [-0.39, 0.29) is 0 Å². The molecule has 0 aliphatic heterocycles. The Morgan fingerprint density at radius 3 is 2.60 bits per heavy atom. The average Bonchev–Trinajstić information content (AvgIpc) is 2.37. The summed E-state index contributed by atoms with van der Waals surface area (Å²) in [7, 11) is 0. The van der Waals surface area contributed by atoms with Crippen LogP contribution < -0.4 is 5.73 Å². The van der Waals surface area contributed by atoms with Gasteiger partial charge in [0.05, 0.1) is 0 Å². The van der Waals surface area contributed by atoms with Gasteiger partial charge in [0.25, 0.3) is 0 Å². The largest absolute Gasteiger partial charge is 0.405 e. The van der Waals surface area contributed by atoms with E-state index in [1.54, 1.807) is 17.5 Å². The van der Waals surface area contributed by atoms with Gasteiger partial charge in [-0.15, -0.1) is 11.3 Å². The predicted molar refractivity (Wildman–Crippen MR) is 47.6 cm³/mol. The molecule has 1 aromatic rings. The van der Waals surface area contributed by atoms with Gasteiger partial charge in [0.15, 0.2) is 0 Å². The van der Waals surface area contributed by atoms with E-state index in [1.807, 2.05) is 24.3 Å². The molecular formula is C8H9NS. The highest BCUT2D eigenvalue weighted by Gasteiger charge is 1.90. The molecule has 0 amide bonds. The van der Waals surface area contributed by atoms with Crippen molar-refractivity contribution in [2.45, 2.75) is 0 Å². The van der Waals surface area contributed by atoms with E-state index in [9.17, 15) is 0 Å². The molecule has 2 N–H and O–H groups in total. The number of hydrogen-bond acceptors (Lipinski definition) is 2. The molecule has 0 fully saturated rings. The molecule has 0 aliphatic carbocycles. The summed E-state index contributed by atoms with van der Waals surface area (Å²) in [4.78, 5) is 2.34. The lowest BCUT2D eigenvalue weighted by molar-refractivity contribution is 1.64. The van der Waals surface area contributed by atoms with Crippen molar-refractivity contribution in [1.82, 2.24) is 0 Å². The molecule has 1 aromatic heterocycles. The zero-order valence-electron chi connectivity index (χ0n) is 5.58. The molecule has 0 atom stereocenters. The summed E-state index contributed by atoms with van der Waals surface area (Å²) < 4.78 is 0. The van der Waals surface area contributed by atoms with E-state index in [1.165, 1.54) is 4.88 Å². The van der Waals surface area contributed by atoms with Crippen LogP contribution in [0.25, 0.3) is 12.2 Å². The van der Waals surface area contributed by atoms with Gasteiger partial charge in [-0.1, -0.05) is 12.7 Å². The lowest BCUT2D eigenvalue weighted by atomic mass is 10.4. The fraction of sp³-hybridized carbons (Fsp3) is 0. The van der Waals surface area contributed by atoms with E-state index in [4.69, 9.17) is 5.73 Å². The second kappa shape index (κ2) is 3.22. The fourth-order valence-electron chi connectivity index (χ4n) is 0.663. The topological polar surface area (TPSA) is 26.0 Å². The lowest BCUT2D eigenvalue weighted by Crippen LogP contribution is -1.72. The third kappa shape index (κ3) is 1.48. The van der Waals surface area contributed by atoms with Crippen molar-refractivity contribution in [2.24, 2.45) is 5.73 Å². The zero-order chi connectivity index (χ0) is 7.40. The maximum atomic E-state index is 5.21. The van der Waals surface area contributed by atoms with Crippen LogP contribution in [0.3, 0.4) is 0 Å². The third-order valence-corrected chi connectivity index (χ3v) is 2.16. The molecule has 0 radical (unpaired) electrons. The van der Waals surface area contributed by atoms with Crippen LogP contribution in [0, 0.1) is 0 Å². The highest BCUT2D eigenvalue weighted by atomic mass is 32.1. The van der Waals surface area contributed by atoms with Gasteiger partial charge in [-0.3, -0.25) is 0 Å². The Hall–Kier alpha value is -1.02. The smallest absolute Gasteiger partial charge is 0.0290 e. The molecule has 10 heavy (non-hydrogen) atoms. The Morgan fingerprint density at radius 1 is 1.40 bits per heavy atom. The van der Waals surface area contributed by atoms with Crippen LogP contribution in [0.2, 0.25) is 0 Å². The third-order valence-electron chi connectivity index (χ3n) is 1.11. The van der Waals surface area contributed by atoms with Crippen LogP contribution in [-0.4, -0.2) is 0 Å². The maximum absolute atomic E-state index is 5.21. The molecule has 1 rings (SSSR count). The summed E-state index contributed by atoms with van der Waals surface area (Å²) in [6, 6.07) is 4.04. The van der Waals surface area contributed by atoms with Gasteiger partial charge in [0.1, 0.15) is 0 Å². The molecule has 0 saturated heterocycles. The zero-order valence-corrected chi connectivity index (χ0v) is 6.40. The summed E-state index contributed by atoms with van der Waals surface area (Å²) in [6.45, 7) is 3.66. The predicted octanol–water partition coefficient (Wildman–Crippen LogP) is 2.32. The second-order valence-electron chi connectivity index (χ2n) is 1.80. The standard InChI is InChI=1S/C8H9NS/c1-2-7-3-4-8(10-7)5-6-9/h2-6H,1,9H2/b6-5-. The fourth-order valence-corrected chi connectivity index (χ4v) is 1.44. The van der Waals surface area contributed by atoms with Gasteiger partial charge in [0.2, 0.25) is 0 Å². The Kier molecular flexibility index (Phi) is 2.29. The molecule has 1 nitrogen and oxygen atoms in total. The second-order valence-corrected chi connectivity index (χ2v) is 2.95. The Bertz CT molecular complexity index is 248. The summed E-state index contributed by atoms with van der Waals surface area (Å²) in [5.74, 6) is 0. The lowest BCUT2D eigenvalue weighted by Gasteiger charge is -1.78. The first-order valence-corrected chi connectivity index (χ1v) is 3.79. The number of rotatable bonds is 2. The van der Waals surface area contributed by atoms with E-state index in [0.29, 0.717) is 0 Å². The summed E-state index contributed by atoms with van der Waals surface area (Å²) in [5, 5.41) is 0.